The van der Waals surface area contributed by atoms with Crippen LogP contribution in [0.3, 0.4) is 0 Å². The first-order valence-corrected chi connectivity index (χ1v) is 8.94. The normalized spacial score (nSPS) is 17.2. The molecule has 0 saturated carbocycles. The van der Waals surface area contributed by atoms with Crippen LogP contribution in [0.2, 0.25) is 0 Å². The molecular formula is C16H27N3O4S. The summed E-state index contributed by atoms with van der Waals surface area (Å²) >= 11 is 5.26. The van der Waals surface area contributed by atoms with Gasteiger partial charge in [0.1, 0.15) is 6.04 Å². The van der Waals surface area contributed by atoms with Gasteiger partial charge in [-0.2, -0.15) is 0 Å². The van der Waals surface area contributed by atoms with Crippen molar-refractivity contribution in [2.45, 2.75) is 58.4 Å². The van der Waals surface area contributed by atoms with Crippen LogP contribution in [-0.2, 0) is 19.1 Å². The average Bonchev–Trinajstić information content (AvgIpc) is 2.53. The zero-order valence-corrected chi connectivity index (χ0v) is 15.2. The predicted octanol–water partition coefficient (Wildman–Crippen LogP) is 1.11. The summed E-state index contributed by atoms with van der Waals surface area (Å²) in [4.78, 5) is 37.3. The van der Waals surface area contributed by atoms with Gasteiger partial charge in [-0.3, -0.25) is 14.4 Å². The van der Waals surface area contributed by atoms with E-state index in [2.05, 4.69) is 17.6 Å². The molecule has 1 atom stereocenters. The zero-order valence-electron chi connectivity index (χ0n) is 14.4. The van der Waals surface area contributed by atoms with E-state index in [1.807, 2.05) is 0 Å². The van der Waals surface area contributed by atoms with Crippen LogP contribution in [0.25, 0.3) is 0 Å². The molecule has 8 heteroatoms. The smallest absolute Gasteiger partial charge is 0.308 e. The lowest BCUT2D eigenvalue weighted by Gasteiger charge is -2.36. The largest absolute Gasteiger partial charge is 0.466 e. The van der Waals surface area contributed by atoms with Crippen LogP contribution < -0.4 is 10.6 Å². The number of hydrogen-bond acceptors (Lipinski definition) is 5. The highest BCUT2D eigenvalue weighted by molar-refractivity contribution is 7.80. The van der Waals surface area contributed by atoms with Crippen LogP contribution in [0, 0.1) is 0 Å². The molecule has 2 amide bonds. The fourth-order valence-electron chi connectivity index (χ4n) is 2.50. The van der Waals surface area contributed by atoms with E-state index >= 15 is 0 Å². The van der Waals surface area contributed by atoms with Crippen molar-refractivity contribution >= 4 is 35.1 Å². The van der Waals surface area contributed by atoms with Crippen molar-refractivity contribution in [2.75, 3.05) is 19.7 Å². The van der Waals surface area contributed by atoms with Gasteiger partial charge in [0, 0.05) is 19.5 Å². The molecular weight excluding hydrogens is 330 g/mol. The average molecular weight is 357 g/mol. The SMILES string of the molecule is CCCCCCC(=O)NC(=S)N1CCNC(=O)C1CC(=O)OCC. The number of amides is 2. The fourth-order valence-corrected chi connectivity index (χ4v) is 2.84. The lowest BCUT2D eigenvalue weighted by atomic mass is 10.1. The lowest BCUT2D eigenvalue weighted by molar-refractivity contribution is -0.147. The Labute approximate surface area is 148 Å². The summed E-state index contributed by atoms with van der Waals surface area (Å²) in [6.07, 6.45) is 4.35. The third kappa shape index (κ3) is 6.82. The highest BCUT2D eigenvalue weighted by atomic mass is 32.1. The van der Waals surface area contributed by atoms with Crippen molar-refractivity contribution in [2.24, 2.45) is 0 Å². The molecule has 1 rings (SSSR count). The van der Waals surface area contributed by atoms with Gasteiger partial charge < -0.3 is 20.3 Å². The number of esters is 1. The molecule has 1 aliphatic rings. The first-order chi connectivity index (χ1) is 11.5. The highest BCUT2D eigenvalue weighted by Gasteiger charge is 2.34. The van der Waals surface area contributed by atoms with E-state index < -0.39 is 12.0 Å². The Balaban J connectivity index is 2.56. The van der Waals surface area contributed by atoms with Gasteiger partial charge in [0.25, 0.3) is 0 Å². The van der Waals surface area contributed by atoms with Gasteiger partial charge in [-0.05, 0) is 25.6 Å². The molecule has 24 heavy (non-hydrogen) atoms. The molecule has 1 heterocycles. The highest BCUT2D eigenvalue weighted by Crippen LogP contribution is 2.11. The summed E-state index contributed by atoms with van der Waals surface area (Å²) in [6, 6.07) is -0.745. The van der Waals surface area contributed by atoms with Gasteiger partial charge in [-0.15, -0.1) is 0 Å². The van der Waals surface area contributed by atoms with Gasteiger partial charge in [0.05, 0.1) is 13.0 Å². The zero-order chi connectivity index (χ0) is 17.9. The summed E-state index contributed by atoms with van der Waals surface area (Å²) in [5, 5.41) is 5.57. The lowest BCUT2D eigenvalue weighted by Crippen LogP contribution is -2.60. The third-order valence-electron chi connectivity index (χ3n) is 3.76. The summed E-state index contributed by atoms with van der Waals surface area (Å²) in [7, 11) is 0. The molecule has 1 aliphatic heterocycles. The number of rotatable bonds is 8. The van der Waals surface area contributed by atoms with Crippen LogP contribution in [0.5, 0.6) is 0 Å². The summed E-state index contributed by atoms with van der Waals surface area (Å²) in [5.41, 5.74) is 0. The number of ether oxygens (including phenoxy) is 1. The predicted molar refractivity (Wildman–Crippen MR) is 94.3 cm³/mol. The van der Waals surface area contributed by atoms with Crippen molar-refractivity contribution in [3.8, 4) is 0 Å². The molecule has 0 aromatic carbocycles. The Morgan fingerprint density at radius 1 is 1.33 bits per heavy atom. The molecule has 0 radical (unpaired) electrons. The molecule has 0 aromatic heterocycles. The number of piperazine rings is 1. The van der Waals surface area contributed by atoms with Gasteiger partial charge in [-0.1, -0.05) is 26.2 Å². The maximum Gasteiger partial charge on any atom is 0.308 e. The minimum absolute atomic E-state index is 0.0911. The molecule has 1 fully saturated rings. The molecule has 0 spiro atoms. The summed E-state index contributed by atoms with van der Waals surface area (Å²) < 4.78 is 4.90. The number of carbonyl (C=O) groups excluding carboxylic acids is 3. The van der Waals surface area contributed by atoms with E-state index in [1.165, 1.54) is 0 Å². The van der Waals surface area contributed by atoms with Gasteiger partial charge >= 0.3 is 5.97 Å². The molecule has 1 unspecified atom stereocenters. The fraction of sp³-hybridized carbons (Fsp3) is 0.750. The van der Waals surface area contributed by atoms with Crippen molar-refractivity contribution in [3.05, 3.63) is 0 Å². The Kier molecular flexibility index (Phi) is 9.29. The van der Waals surface area contributed by atoms with Crippen LogP contribution in [0.15, 0.2) is 0 Å². The first kappa shape index (κ1) is 20.3. The second-order valence-corrected chi connectivity index (χ2v) is 6.06. The molecule has 0 aromatic rings. The van der Waals surface area contributed by atoms with Crippen molar-refractivity contribution < 1.29 is 19.1 Å². The maximum absolute atomic E-state index is 12.0. The van der Waals surface area contributed by atoms with E-state index in [0.717, 1.165) is 25.7 Å². The monoisotopic (exact) mass is 357 g/mol. The second-order valence-electron chi connectivity index (χ2n) is 5.67. The van der Waals surface area contributed by atoms with Crippen LogP contribution in [0.4, 0.5) is 0 Å². The Morgan fingerprint density at radius 3 is 2.75 bits per heavy atom. The first-order valence-electron chi connectivity index (χ1n) is 8.53. The molecule has 136 valence electrons. The van der Waals surface area contributed by atoms with Crippen LogP contribution in [0.1, 0.15) is 52.4 Å². The van der Waals surface area contributed by atoms with E-state index in [0.29, 0.717) is 19.5 Å². The number of unbranched alkanes of at least 4 members (excludes halogenated alkanes) is 3. The number of carbonyl (C=O) groups is 3. The molecule has 0 aliphatic carbocycles. The van der Waals surface area contributed by atoms with Crippen molar-refractivity contribution in [1.29, 1.82) is 0 Å². The van der Waals surface area contributed by atoms with Crippen molar-refractivity contribution in [1.82, 2.24) is 15.5 Å². The van der Waals surface area contributed by atoms with E-state index in [-0.39, 0.29) is 30.0 Å². The number of nitrogens with one attached hydrogen (secondary N) is 2. The molecule has 1 saturated heterocycles. The Morgan fingerprint density at radius 2 is 2.08 bits per heavy atom. The standard InChI is InChI=1S/C16H27N3O4S/c1-3-5-6-7-8-13(20)18-16(24)19-10-9-17-15(22)12(19)11-14(21)23-4-2/h12H,3-11H2,1-2H3,(H,17,22)(H,18,20,24). The second kappa shape index (κ2) is 11.0. The molecule has 7 nitrogen and oxygen atoms in total. The number of thiocarbonyl (C=S) groups is 1. The van der Waals surface area contributed by atoms with E-state index in [4.69, 9.17) is 17.0 Å². The minimum Gasteiger partial charge on any atom is -0.466 e. The summed E-state index contributed by atoms with van der Waals surface area (Å²) in [6.45, 7) is 4.95. The third-order valence-corrected chi connectivity index (χ3v) is 4.10. The molecule has 0 bridgehead atoms. The quantitative estimate of drug-likeness (QED) is 0.384. The van der Waals surface area contributed by atoms with Gasteiger partial charge in [0.2, 0.25) is 11.8 Å². The Hall–Kier alpha value is -1.70. The van der Waals surface area contributed by atoms with Crippen LogP contribution in [-0.4, -0.2) is 53.5 Å². The van der Waals surface area contributed by atoms with E-state index in [1.54, 1.807) is 11.8 Å². The molecule has 2 N–H and O–H groups in total. The van der Waals surface area contributed by atoms with Gasteiger partial charge in [-0.25, -0.2) is 0 Å². The van der Waals surface area contributed by atoms with E-state index in [9.17, 15) is 14.4 Å². The van der Waals surface area contributed by atoms with Crippen molar-refractivity contribution in [3.63, 3.8) is 0 Å². The topological polar surface area (TPSA) is 87.7 Å². The Bertz CT molecular complexity index is 470. The number of hydrogen-bond donors (Lipinski definition) is 2. The summed E-state index contributed by atoms with van der Waals surface area (Å²) in [5.74, 6) is -0.899. The van der Waals surface area contributed by atoms with Gasteiger partial charge in [0.15, 0.2) is 5.11 Å². The number of nitrogens with zero attached hydrogens (tertiary/aromatic N) is 1. The minimum atomic E-state index is -0.745. The van der Waals surface area contributed by atoms with Crippen LogP contribution >= 0.6 is 12.2 Å². The maximum atomic E-state index is 12.0.